The minimum absolute atomic E-state index is 0.0774. The van der Waals surface area contributed by atoms with Gasteiger partial charge >= 0.3 is 0 Å². The van der Waals surface area contributed by atoms with Gasteiger partial charge < -0.3 is 20.4 Å². The third-order valence-electron chi connectivity index (χ3n) is 7.27. The van der Waals surface area contributed by atoms with Crippen LogP contribution in [-0.4, -0.2) is 94.6 Å². The summed E-state index contributed by atoms with van der Waals surface area (Å²) in [5, 5.41) is 16.1. The van der Waals surface area contributed by atoms with Crippen LogP contribution in [-0.2, 0) is 9.59 Å². The summed E-state index contributed by atoms with van der Waals surface area (Å²) in [5.74, 6) is -0.415. The monoisotopic (exact) mass is 494 g/mol. The third kappa shape index (κ3) is 3.82. The number of nitrogens with zero attached hydrogens (tertiary/aromatic N) is 5. The molecule has 0 radical (unpaired) electrons. The molecule has 0 bridgehead atoms. The summed E-state index contributed by atoms with van der Waals surface area (Å²) < 4.78 is 0. The number of aromatic nitrogens is 3. The first-order valence-corrected chi connectivity index (χ1v) is 12.6. The van der Waals surface area contributed by atoms with E-state index in [1.807, 2.05) is 16.5 Å². The van der Waals surface area contributed by atoms with Crippen LogP contribution in [0.25, 0.3) is 10.9 Å². The fourth-order valence-corrected chi connectivity index (χ4v) is 5.93. The minimum Gasteiger partial charge on any atom is -0.354 e. The summed E-state index contributed by atoms with van der Waals surface area (Å²) in [6.45, 7) is 3.22. The molecule has 3 saturated heterocycles. The number of thiazole rings is 1. The van der Waals surface area contributed by atoms with Crippen molar-refractivity contribution in [1.29, 1.82) is 0 Å². The average Bonchev–Trinajstić information content (AvgIpc) is 3.60. The first kappa shape index (κ1) is 22.0. The van der Waals surface area contributed by atoms with Gasteiger partial charge in [0.15, 0.2) is 10.8 Å². The number of nitrogens with one attached hydrogen (secondary N) is 3. The Hall–Kier alpha value is -3.51. The Morgan fingerprint density at radius 1 is 1.20 bits per heavy atom. The lowest BCUT2D eigenvalue weighted by molar-refractivity contribution is -0.144. The highest BCUT2D eigenvalue weighted by atomic mass is 32.1. The smallest absolute Gasteiger partial charge is 0.272 e. The lowest BCUT2D eigenvalue weighted by atomic mass is 9.86. The topological polar surface area (TPSA) is 127 Å². The maximum atomic E-state index is 12.9. The molecule has 3 amide bonds. The normalized spacial score (nSPS) is 23.5. The molecule has 3 aliphatic heterocycles. The molecular weight excluding hydrogens is 468 g/mol. The molecule has 3 fully saturated rings. The summed E-state index contributed by atoms with van der Waals surface area (Å²) in [4.78, 5) is 48.4. The fourth-order valence-electron chi connectivity index (χ4n) is 5.22. The number of aromatic amines is 1. The number of carbonyl (C=O) groups excluding carboxylic acids is 3. The Bertz CT molecular complexity index is 1290. The van der Waals surface area contributed by atoms with Gasteiger partial charge in [0.2, 0.25) is 11.8 Å². The van der Waals surface area contributed by atoms with Crippen LogP contribution in [0.5, 0.6) is 0 Å². The van der Waals surface area contributed by atoms with Crippen molar-refractivity contribution in [3.8, 4) is 0 Å². The summed E-state index contributed by atoms with van der Waals surface area (Å²) >= 11 is 1.63. The molecule has 182 valence electrons. The molecule has 2 aromatic heterocycles. The van der Waals surface area contributed by atoms with Gasteiger partial charge in [-0.2, -0.15) is 5.10 Å². The molecule has 35 heavy (non-hydrogen) atoms. The second-order valence-corrected chi connectivity index (χ2v) is 10.1. The zero-order valence-corrected chi connectivity index (χ0v) is 20.0. The summed E-state index contributed by atoms with van der Waals surface area (Å²) in [6.07, 6.45) is 2.52. The van der Waals surface area contributed by atoms with E-state index in [4.69, 9.17) is 0 Å². The first-order chi connectivity index (χ1) is 17.0. The third-order valence-corrected chi connectivity index (χ3v) is 8.08. The molecule has 3 atom stereocenters. The van der Waals surface area contributed by atoms with Crippen molar-refractivity contribution in [3.63, 3.8) is 0 Å². The van der Waals surface area contributed by atoms with Crippen molar-refractivity contribution >= 4 is 50.8 Å². The van der Waals surface area contributed by atoms with E-state index in [9.17, 15) is 14.4 Å². The number of fused-ring (bicyclic) bond motifs is 2. The van der Waals surface area contributed by atoms with E-state index >= 15 is 0 Å². The van der Waals surface area contributed by atoms with Crippen molar-refractivity contribution in [3.05, 3.63) is 35.5 Å². The largest absolute Gasteiger partial charge is 0.354 e. The van der Waals surface area contributed by atoms with E-state index in [0.29, 0.717) is 42.3 Å². The zero-order chi connectivity index (χ0) is 24.1. The van der Waals surface area contributed by atoms with Crippen LogP contribution < -0.4 is 15.5 Å². The molecule has 0 aliphatic carbocycles. The van der Waals surface area contributed by atoms with Crippen LogP contribution in [0.3, 0.4) is 0 Å². The number of hydrogen-bond donors (Lipinski definition) is 3. The number of amides is 3. The van der Waals surface area contributed by atoms with E-state index in [0.717, 1.165) is 30.3 Å². The number of anilines is 2. The number of benzene rings is 1. The van der Waals surface area contributed by atoms with Crippen molar-refractivity contribution in [1.82, 2.24) is 30.3 Å². The van der Waals surface area contributed by atoms with Gasteiger partial charge in [-0.05, 0) is 31.2 Å². The van der Waals surface area contributed by atoms with Crippen LogP contribution in [0.1, 0.15) is 16.9 Å². The van der Waals surface area contributed by atoms with Gasteiger partial charge in [0.05, 0.1) is 30.1 Å². The standard InChI is InChI=1S/C23H26N8O3S/c1-24-22(34)20-15-8-14(2-3-16(15)27-28-20)26-21(33)13-4-6-29(9-13)12-19(32)30-10-18-17(30)11-31(18)23-25-5-7-35-23/h2-3,5,7-8,13,17-18H,4,6,9-12H2,1H3,(H,24,34)(H,26,33)(H,27,28)/t13-,17?,18-/m1/s1. The van der Waals surface area contributed by atoms with E-state index in [1.54, 1.807) is 36.6 Å². The van der Waals surface area contributed by atoms with E-state index in [2.05, 4.69) is 35.6 Å². The molecule has 0 saturated carbocycles. The van der Waals surface area contributed by atoms with Crippen LogP contribution in [0, 0.1) is 5.92 Å². The average molecular weight is 495 g/mol. The molecule has 11 nitrogen and oxygen atoms in total. The highest BCUT2D eigenvalue weighted by Gasteiger charge is 2.54. The van der Waals surface area contributed by atoms with Crippen LogP contribution >= 0.6 is 11.3 Å². The lowest BCUT2D eigenvalue weighted by Gasteiger charge is -2.61. The predicted octanol–water partition coefficient (Wildman–Crippen LogP) is 0.739. The van der Waals surface area contributed by atoms with Crippen LogP contribution in [0.2, 0.25) is 0 Å². The lowest BCUT2D eigenvalue weighted by Crippen LogP contribution is -2.80. The number of rotatable bonds is 6. The Labute approximate surface area is 205 Å². The minimum atomic E-state index is -0.290. The number of likely N-dealkylation sites (tertiary alicyclic amines) is 2. The van der Waals surface area contributed by atoms with Crippen molar-refractivity contribution in [2.24, 2.45) is 5.92 Å². The Morgan fingerprint density at radius 3 is 2.83 bits per heavy atom. The van der Waals surface area contributed by atoms with E-state index < -0.39 is 0 Å². The second kappa shape index (κ2) is 8.61. The molecule has 1 aromatic carbocycles. The zero-order valence-electron chi connectivity index (χ0n) is 19.2. The van der Waals surface area contributed by atoms with E-state index in [-0.39, 0.29) is 29.7 Å². The van der Waals surface area contributed by atoms with Gasteiger partial charge in [-0.1, -0.05) is 0 Å². The SMILES string of the molecule is CNC(=O)c1n[nH]c2ccc(NC(=O)[C@@H]3CCN(CC(=O)N4C[C@@H]5C4CN5c4nccs4)C3)cc12. The quantitative estimate of drug-likeness (QED) is 0.461. The maximum absolute atomic E-state index is 12.9. The number of H-pyrrole nitrogens is 1. The Morgan fingerprint density at radius 2 is 2.09 bits per heavy atom. The first-order valence-electron chi connectivity index (χ1n) is 11.7. The molecule has 12 heteroatoms. The van der Waals surface area contributed by atoms with Crippen LogP contribution in [0.15, 0.2) is 29.8 Å². The summed E-state index contributed by atoms with van der Waals surface area (Å²) in [6, 6.07) is 6.01. The molecule has 0 spiro atoms. The van der Waals surface area contributed by atoms with Crippen molar-refractivity contribution in [2.75, 3.05) is 50.0 Å². The highest BCUT2D eigenvalue weighted by molar-refractivity contribution is 7.13. The molecule has 1 unspecified atom stereocenters. The Kier molecular flexibility index (Phi) is 5.41. The molecular formula is C23H26N8O3S. The van der Waals surface area contributed by atoms with Crippen molar-refractivity contribution < 1.29 is 14.4 Å². The van der Waals surface area contributed by atoms with Gasteiger partial charge in [-0.15, -0.1) is 11.3 Å². The Balaban J connectivity index is 1.01. The van der Waals surface area contributed by atoms with Gasteiger partial charge in [-0.25, -0.2) is 4.98 Å². The van der Waals surface area contributed by atoms with Gasteiger partial charge in [0.25, 0.3) is 5.91 Å². The summed E-state index contributed by atoms with van der Waals surface area (Å²) in [7, 11) is 1.55. The number of piperazine rings is 1. The molecule has 5 heterocycles. The molecule has 3 aliphatic rings. The number of carbonyl (C=O) groups is 3. The molecule has 3 aromatic rings. The fraction of sp³-hybridized carbons (Fsp3) is 0.435. The molecule has 3 N–H and O–H groups in total. The van der Waals surface area contributed by atoms with Gasteiger partial charge in [-0.3, -0.25) is 24.4 Å². The van der Waals surface area contributed by atoms with Gasteiger partial charge in [0, 0.05) is 49.3 Å². The predicted molar refractivity (Wildman–Crippen MR) is 131 cm³/mol. The van der Waals surface area contributed by atoms with Crippen molar-refractivity contribution in [2.45, 2.75) is 18.5 Å². The molecule has 6 rings (SSSR count). The maximum Gasteiger partial charge on any atom is 0.272 e. The van der Waals surface area contributed by atoms with Gasteiger partial charge in [0.1, 0.15) is 0 Å². The number of hydrogen-bond acceptors (Lipinski definition) is 8. The van der Waals surface area contributed by atoms with Crippen LogP contribution in [0.4, 0.5) is 10.8 Å². The second-order valence-electron chi connectivity index (χ2n) is 9.27. The highest BCUT2D eigenvalue weighted by Crippen LogP contribution is 2.38. The van der Waals surface area contributed by atoms with E-state index in [1.165, 1.54) is 0 Å². The summed E-state index contributed by atoms with van der Waals surface area (Å²) in [5.41, 5.74) is 1.63.